The SMILES string of the molecule is CC1(C)OB(c2c(-c3ccc(Cl)cc3)sc3ccccc23)OC1(C)C. The molecule has 1 aliphatic heterocycles. The highest BCUT2D eigenvalue weighted by Gasteiger charge is 2.53. The Hall–Kier alpha value is -1.33. The zero-order chi connectivity index (χ0) is 17.8. The van der Waals surface area contributed by atoms with E-state index in [-0.39, 0.29) is 18.3 Å². The van der Waals surface area contributed by atoms with E-state index in [1.54, 1.807) is 11.3 Å². The molecular formula is C20H20BClO2S. The predicted octanol–water partition coefficient (Wildman–Crippen LogP) is 5.52. The van der Waals surface area contributed by atoms with Crippen LogP contribution in [0.1, 0.15) is 27.7 Å². The maximum absolute atomic E-state index is 6.36. The van der Waals surface area contributed by atoms with Crippen molar-refractivity contribution in [2.24, 2.45) is 0 Å². The normalized spacial score (nSPS) is 18.8. The molecule has 0 unspecified atom stereocenters. The van der Waals surface area contributed by atoms with Crippen LogP contribution in [0.2, 0.25) is 5.02 Å². The van der Waals surface area contributed by atoms with Crippen molar-refractivity contribution >= 4 is 45.6 Å². The lowest BCUT2D eigenvalue weighted by Gasteiger charge is -2.32. The van der Waals surface area contributed by atoms with E-state index in [4.69, 9.17) is 20.9 Å². The molecule has 1 aromatic heterocycles. The molecule has 1 aliphatic rings. The first-order valence-electron chi connectivity index (χ1n) is 8.41. The van der Waals surface area contributed by atoms with Crippen molar-refractivity contribution in [1.82, 2.24) is 0 Å². The van der Waals surface area contributed by atoms with Gasteiger partial charge in [0.25, 0.3) is 0 Å². The number of halogens is 1. The number of hydrogen-bond donors (Lipinski definition) is 0. The van der Waals surface area contributed by atoms with Crippen molar-refractivity contribution in [2.75, 3.05) is 0 Å². The first-order valence-corrected chi connectivity index (χ1v) is 9.61. The maximum atomic E-state index is 6.36. The monoisotopic (exact) mass is 370 g/mol. The Morgan fingerprint density at radius 2 is 1.48 bits per heavy atom. The molecule has 2 heterocycles. The molecule has 3 aromatic rings. The Bertz CT molecular complexity index is 915. The third-order valence-electron chi connectivity index (χ3n) is 5.23. The summed E-state index contributed by atoms with van der Waals surface area (Å²) in [6.45, 7) is 8.35. The molecule has 0 N–H and O–H groups in total. The van der Waals surface area contributed by atoms with Gasteiger partial charge < -0.3 is 9.31 Å². The summed E-state index contributed by atoms with van der Waals surface area (Å²) in [5, 5.41) is 1.93. The number of hydrogen-bond acceptors (Lipinski definition) is 3. The lowest BCUT2D eigenvalue weighted by molar-refractivity contribution is 0.00578. The number of thiophene rings is 1. The van der Waals surface area contributed by atoms with Gasteiger partial charge in [-0.05, 0) is 56.8 Å². The van der Waals surface area contributed by atoms with E-state index in [0.717, 1.165) is 16.0 Å². The van der Waals surface area contributed by atoms with Gasteiger partial charge in [0.05, 0.1) is 11.2 Å². The van der Waals surface area contributed by atoms with Crippen LogP contribution in [-0.4, -0.2) is 18.3 Å². The van der Waals surface area contributed by atoms with Gasteiger partial charge in [-0.1, -0.05) is 41.9 Å². The summed E-state index contributed by atoms with van der Waals surface area (Å²) in [5.41, 5.74) is 1.52. The third kappa shape index (κ3) is 2.82. The molecule has 0 aliphatic carbocycles. The molecule has 4 rings (SSSR count). The van der Waals surface area contributed by atoms with Gasteiger partial charge in [-0.2, -0.15) is 0 Å². The number of fused-ring (bicyclic) bond motifs is 1. The lowest BCUT2D eigenvalue weighted by atomic mass is 9.76. The second-order valence-corrected chi connectivity index (χ2v) is 8.92. The summed E-state index contributed by atoms with van der Waals surface area (Å²) in [7, 11) is -0.383. The zero-order valence-corrected chi connectivity index (χ0v) is 16.4. The second-order valence-electron chi connectivity index (χ2n) is 7.44. The quantitative estimate of drug-likeness (QED) is 0.553. The summed E-state index contributed by atoms with van der Waals surface area (Å²) >= 11 is 7.84. The molecule has 2 aromatic carbocycles. The molecule has 0 amide bonds. The molecule has 2 nitrogen and oxygen atoms in total. The highest BCUT2D eigenvalue weighted by Crippen LogP contribution is 2.40. The fraction of sp³-hybridized carbons (Fsp3) is 0.300. The highest BCUT2D eigenvalue weighted by molar-refractivity contribution is 7.24. The Balaban J connectivity index is 1.90. The summed E-state index contributed by atoms with van der Waals surface area (Å²) < 4.78 is 14.0. The standard InChI is InChI=1S/C20H20BClO2S/c1-19(2)20(3,4)24-21(23-19)17-15-7-5-6-8-16(15)25-18(17)13-9-11-14(22)12-10-13/h5-12H,1-4H3. The van der Waals surface area contributed by atoms with Gasteiger partial charge in [-0.3, -0.25) is 0 Å². The largest absolute Gasteiger partial charge is 0.496 e. The maximum Gasteiger partial charge on any atom is 0.496 e. The minimum atomic E-state index is -0.383. The van der Waals surface area contributed by atoms with Crippen LogP contribution < -0.4 is 5.46 Å². The molecule has 0 spiro atoms. The Labute approximate surface area is 157 Å². The third-order valence-corrected chi connectivity index (χ3v) is 6.72. The van der Waals surface area contributed by atoms with Gasteiger partial charge in [0.2, 0.25) is 0 Å². The minimum Gasteiger partial charge on any atom is -0.399 e. The molecule has 0 bridgehead atoms. The average Bonchev–Trinajstić information content (AvgIpc) is 3.02. The van der Waals surface area contributed by atoms with Crippen molar-refractivity contribution in [3.8, 4) is 10.4 Å². The van der Waals surface area contributed by atoms with Crippen molar-refractivity contribution < 1.29 is 9.31 Å². The van der Waals surface area contributed by atoms with Crippen LogP contribution in [0.3, 0.4) is 0 Å². The molecule has 25 heavy (non-hydrogen) atoms. The van der Waals surface area contributed by atoms with Crippen LogP contribution in [0, 0.1) is 0 Å². The van der Waals surface area contributed by atoms with Gasteiger partial charge >= 0.3 is 7.12 Å². The van der Waals surface area contributed by atoms with Gasteiger partial charge in [0.15, 0.2) is 0 Å². The molecular weight excluding hydrogens is 351 g/mol. The van der Waals surface area contributed by atoms with E-state index in [2.05, 4.69) is 64.1 Å². The molecule has 0 atom stereocenters. The van der Waals surface area contributed by atoms with Gasteiger partial charge in [-0.15, -0.1) is 11.3 Å². The second kappa shape index (κ2) is 5.85. The summed E-state index contributed by atoms with van der Waals surface area (Å²) in [5.74, 6) is 0. The molecule has 1 fully saturated rings. The van der Waals surface area contributed by atoms with E-state index in [9.17, 15) is 0 Å². The molecule has 1 saturated heterocycles. The Morgan fingerprint density at radius 1 is 0.880 bits per heavy atom. The predicted molar refractivity (Wildman–Crippen MR) is 108 cm³/mol. The summed E-state index contributed by atoms with van der Waals surface area (Å²) in [4.78, 5) is 1.18. The summed E-state index contributed by atoms with van der Waals surface area (Å²) in [6, 6.07) is 16.4. The topological polar surface area (TPSA) is 18.5 Å². The first kappa shape index (κ1) is 17.1. The molecule has 128 valence electrons. The number of rotatable bonds is 2. The van der Waals surface area contributed by atoms with Crippen molar-refractivity contribution in [1.29, 1.82) is 0 Å². The Kier molecular flexibility index (Phi) is 4.00. The van der Waals surface area contributed by atoms with Crippen LogP contribution in [0.4, 0.5) is 0 Å². The minimum absolute atomic E-state index is 0.363. The van der Waals surface area contributed by atoms with Crippen LogP contribution >= 0.6 is 22.9 Å². The van der Waals surface area contributed by atoms with E-state index in [1.807, 2.05) is 12.1 Å². The molecule has 5 heteroatoms. The molecule has 0 saturated carbocycles. The van der Waals surface area contributed by atoms with Gasteiger partial charge in [-0.25, -0.2) is 0 Å². The lowest BCUT2D eigenvalue weighted by Crippen LogP contribution is -2.41. The smallest absolute Gasteiger partial charge is 0.399 e. The number of benzene rings is 2. The van der Waals surface area contributed by atoms with E-state index >= 15 is 0 Å². The first-order chi connectivity index (χ1) is 11.8. The van der Waals surface area contributed by atoms with E-state index < -0.39 is 0 Å². The van der Waals surface area contributed by atoms with Crippen molar-refractivity contribution in [2.45, 2.75) is 38.9 Å². The zero-order valence-electron chi connectivity index (χ0n) is 14.8. The fourth-order valence-electron chi connectivity index (χ4n) is 3.08. The summed E-state index contributed by atoms with van der Waals surface area (Å²) in [6.07, 6.45) is 0. The van der Waals surface area contributed by atoms with Crippen LogP contribution in [-0.2, 0) is 9.31 Å². The average molecular weight is 371 g/mol. The van der Waals surface area contributed by atoms with E-state index in [1.165, 1.54) is 15.0 Å². The Morgan fingerprint density at radius 3 is 2.12 bits per heavy atom. The highest BCUT2D eigenvalue weighted by atomic mass is 35.5. The van der Waals surface area contributed by atoms with Crippen molar-refractivity contribution in [3.63, 3.8) is 0 Å². The van der Waals surface area contributed by atoms with Gasteiger partial charge in [0.1, 0.15) is 0 Å². The van der Waals surface area contributed by atoms with Crippen LogP contribution in [0.5, 0.6) is 0 Å². The van der Waals surface area contributed by atoms with Crippen LogP contribution in [0.15, 0.2) is 48.5 Å². The van der Waals surface area contributed by atoms with Crippen molar-refractivity contribution in [3.05, 3.63) is 53.6 Å². The van der Waals surface area contributed by atoms with Crippen LogP contribution in [0.25, 0.3) is 20.5 Å². The fourth-order valence-corrected chi connectivity index (χ4v) is 4.43. The molecule has 0 radical (unpaired) electrons. The van der Waals surface area contributed by atoms with E-state index in [0.29, 0.717) is 0 Å². The van der Waals surface area contributed by atoms with Gasteiger partial charge in [0, 0.05) is 20.1 Å².